The van der Waals surface area contributed by atoms with Crippen LogP contribution in [0.2, 0.25) is 0 Å². The molecule has 0 fully saturated rings. The summed E-state index contributed by atoms with van der Waals surface area (Å²) in [5.41, 5.74) is 14.5. The highest BCUT2D eigenvalue weighted by Crippen LogP contribution is 2.20. The molecule has 0 atom stereocenters. The first-order valence-electron chi connectivity index (χ1n) is 22.4. The lowest BCUT2D eigenvalue weighted by Crippen LogP contribution is -2.56. The van der Waals surface area contributed by atoms with Gasteiger partial charge < -0.3 is 37.2 Å². The van der Waals surface area contributed by atoms with Crippen molar-refractivity contribution in [2.75, 3.05) is 6.61 Å². The van der Waals surface area contributed by atoms with Gasteiger partial charge in [0.05, 0.1) is 17.3 Å². The number of carbonyl (C=O) groups is 8. The van der Waals surface area contributed by atoms with Crippen molar-refractivity contribution in [1.82, 2.24) is 31.9 Å². The number of nitrogens with zero attached hydrogens (tertiary/aromatic N) is 4. The smallest absolute Gasteiger partial charge is 0.481 e. The number of benzene rings is 4. The van der Waals surface area contributed by atoms with Crippen LogP contribution in [0.5, 0.6) is 0 Å². The monoisotopic (exact) mass is 1010 g/mol. The first-order chi connectivity index (χ1) is 33.2. The second-order valence-corrected chi connectivity index (χ2v) is 18.4. The van der Waals surface area contributed by atoms with E-state index in [1.54, 1.807) is 64.1 Å². The Hall–Kier alpha value is -7.56. The summed E-state index contributed by atoms with van der Waals surface area (Å²) in [5.74, 6) is -3.32. The zero-order chi connectivity index (χ0) is 55.6. The Balaban J connectivity index is 0.00000117. The molecule has 4 aromatic carbocycles. The van der Waals surface area contributed by atoms with Crippen molar-refractivity contribution in [1.29, 1.82) is 0 Å². The van der Waals surface area contributed by atoms with E-state index in [1.807, 2.05) is 60.6 Å². The fourth-order valence-corrected chi connectivity index (χ4v) is 6.52. The van der Waals surface area contributed by atoms with Crippen molar-refractivity contribution >= 4 is 79.0 Å². The Kier molecular flexibility index (Phi) is 26.1. The number of hydrogen-bond acceptors (Lipinski definition) is 14. The van der Waals surface area contributed by atoms with E-state index in [-0.39, 0.29) is 47.1 Å². The van der Waals surface area contributed by atoms with Crippen LogP contribution in [0.25, 0.3) is 0 Å². The fourth-order valence-electron chi connectivity index (χ4n) is 6.52. The first-order valence-corrected chi connectivity index (χ1v) is 22.4. The summed E-state index contributed by atoms with van der Waals surface area (Å²) in [6, 6.07) is 19.6. The van der Waals surface area contributed by atoms with Crippen LogP contribution in [0, 0.1) is 27.7 Å². The van der Waals surface area contributed by atoms with Crippen LogP contribution in [0.3, 0.4) is 0 Å². The molecule has 0 aliphatic carbocycles. The summed E-state index contributed by atoms with van der Waals surface area (Å²) in [6.07, 6.45) is 1.86. The van der Waals surface area contributed by atoms with Crippen LogP contribution in [0.1, 0.15) is 149 Å². The molecule has 0 saturated heterocycles. The number of amides is 6. The number of nitrogens with one attached hydrogen (secondary N) is 2. The van der Waals surface area contributed by atoms with Gasteiger partial charge in [-0.05, 0) is 141 Å². The van der Waals surface area contributed by atoms with Gasteiger partial charge in [0, 0.05) is 55.2 Å². The average Bonchev–Trinajstić information content (AvgIpc) is 3.25. The molecule has 5 rings (SSSR count). The number of carboxylic acids is 1. The number of aliphatic hydroxyl groups excluding tert-OH is 1. The van der Waals surface area contributed by atoms with Crippen molar-refractivity contribution in [3.05, 3.63) is 128 Å². The van der Waals surface area contributed by atoms with E-state index >= 15 is 0 Å². The van der Waals surface area contributed by atoms with Gasteiger partial charge in [-0.1, -0.05) is 46.5 Å². The summed E-state index contributed by atoms with van der Waals surface area (Å²) < 4.78 is 0. The maximum atomic E-state index is 13.3. The number of hydrogen-bond donors (Lipinski definition) is 9. The molecule has 0 aromatic heterocycles. The van der Waals surface area contributed by atoms with E-state index in [4.69, 9.17) is 15.0 Å². The lowest BCUT2D eigenvalue weighted by Gasteiger charge is -2.35. The van der Waals surface area contributed by atoms with E-state index in [0.29, 0.717) is 34.0 Å². The Morgan fingerprint density at radius 3 is 1.38 bits per heavy atom. The third-order valence-electron chi connectivity index (χ3n) is 9.37. The number of aliphatic carboxylic acids is 1. The summed E-state index contributed by atoms with van der Waals surface area (Å²) >= 11 is 0. The van der Waals surface area contributed by atoms with E-state index in [1.165, 1.54) is 54.3 Å². The van der Waals surface area contributed by atoms with Gasteiger partial charge in [-0.25, -0.2) is 14.9 Å². The third-order valence-corrected chi connectivity index (χ3v) is 9.37. The second-order valence-electron chi connectivity index (χ2n) is 18.4. The number of fused-ring (bicyclic) bond motifs is 1. The summed E-state index contributed by atoms with van der Waals surface area (Å²) in [6.45, 7) is 24.1. The quantitative estimate of drug-likeness (QED) is 0.0762. The summed E-state index contributed by atoms with van der Waals surface area (Å²) in [4.78, 5) is 94.2. The van der Waals surface area contributed by atoms with Crippen LogP contribution < -0.4 is 33.7 Å². The maximum Gasteiger partial charge on any atom is 0.489 e. The molecule has 0 bridgehead atoms. The Morgan fingerprint density at radius 2 is 1.05 bits per heavy atom. The van der Waals surface area contributed by atoms with Gasteiger partial charge in [-0.15, -0.1) is 0 Å². The molecule has 0 spiro atoms. The van der Waals surface area contributed by atoms with E-state index in [9.17, 15) is 48.6 Å². The van der Waals surface area contributed by atoms with Crippen molar-refractivity contribution in [2.45, 2.75) is 108 Å². The van der Waals surface area contributed by atoms with Gasteiger partial charge in [0.15, 0.2) is 0 Å². The van der Waals surface area contributed by atoms with E-state index in [2.05, 4.69) is 21.7 Å². The number of primary amides is 1. The number of aldehydes is 1. The highest BCUT2D eigenvalue weighted by Gasteiger charge is 2.34. The molecule has 23 heteroatoms. The predicted octanol–water partition coefficient (Wildman–Crippen LogP) is 2.90. The largest absolute Gasteiger partial charge is 0.489 e. The minimum absolute atomic E-state index is 0. The van der Waals surface area contributed by atoms with Gasteiger partial charge in [-0.2, -0.15) is 5.10 Å². The van der Waals surface area contributed by atoms with Crippen molar-refractivity contribution in [3.8, 4) is 0 Å². The number of carboxylic acid groups (broad SMARTS) is 1. The molecular formula is C50H70B2N8O13. The van der Waals surface area contributed by atoms with Crippen LogP contribution in [0.15, 0.2) is 77.9 Å². The van der Waals surface area contributed by atoms with Crippen molar-refractivity contribution < 1.29 is 63.6 Å². The second kappa shape index (κ2) is 29.1. The van der Waals surface area contributed by atoms with Crippen LogP contribution >= 0.6 is 0 Å². The first kappa shape index (κ1) is 65.4. The van der Waals surface area contributed by atoms with Crippen molar-refractivity contribution in [2.24, 2.45) is 10.8 Å². The van der Waals surface area contributed by atoms with Gasteiger partial charge in [0.1, 0.15) is 6.29 Å². The number of aliphatic hydroxyl groups is 1. The lowest BCUT2D eigenvalue weighted by molar-refractivity contribution is -0.134. The van der Waals surface area contributed by atoms with Crippen LogP contribution in [-0.4, -0.2) is 126 Å². The zero-order valence-electron chi connectivity index (χ0n) is 44.0. The molecule has 394 valence electrons. The molecule has 0 saturated carbocycles. The number of hydrazine groups is 2. The standard InChI is InChI=1S/C23H27BN4O4.C21H25BN2O5.C2H5NO.C2H4O2.C2H6O.H3N/c1-14-9-15(2)11-18(10-14)22(31)27(23(4,5)6)26-21(30)17-7-8-20-19(12-17)13-25-28(16(3)29)24(20)32;1-13-8-14(2)10-16(9-13)20(27)24(21(3,4)5)23-19(26)15-6-7-18(22(28)29)17(11-15)12-25;2*1-2(3)4;1-2-3;/h7-13,32H,1-6H3,(H,26,30);6-12,28-29H,1-5H3,(H,23,26);1H3,(H2,3,4);1H3,(H,3,4);3H,2H2,1H3;1H3. The lowest BCUT2D eigenvalue weighted by atomic mass is 9.69. The molecule has 12 N–H and O–H groups in total. The van der Waals surface area contributed by atoms with Crippen LogP contribution in [-0.2, 0) is 14.4 Å². The molecule has 4 aromatic rings. The number of nitrogens with two attached hydrogens (primary N) is 1. The SMILES string of the molecule is CC(=O)N1N=Cc2cc(C(=O)NN(C(=O)c3cc(C)cc(C)c3)C(C)(C)C)ccc2B1O.CC(=O)O.CC(N)=O.CCO.Cc1cc(C)cc(C(=O)N(NC(=O)c2ccc(B(O)O)c(C=O)c2)C(C)(C)C)c1.N. The van der Waals surface area contributed by atoms with E-state index in [0.717, 1.165) is 34.1 Å². The Labute approximate surface area is 427 Å². The molecule has 0 radical (unpaired) electrons. The highest BCUT2D eigenvalue weighted by atomic mass is 16.4. The normalized spacial score (nSPS) is 11.0. The number of rotatable bonds is 6. The van der Waals surface area contributed by atoms with Crippen molar-refractivity contribution in [3.63, 3.8) is 0 Å². The van der Waals surface area contributed by atoms with Gasteiger partial charge in [0.25, 0.3) is 29.6 Å². The fraction of sp³-hybridized carbons (Fsp3) is 0.340. The molecule has 6 amide bonds. The number of carbonyl (C=O) groups excluding carboxylic acids is 7. The molecule has 0 unspecified atom stereocenters. The van der Waals surface area contributed by atoms with E-state index < -0.39 is 48.9 Å². The summed E-state index contributed by atoms with van der Waals surface area (Å²) in [7, 11) is -3.05. The van der Waals surface area contributed by atoms with Gasteiger partial charge in [0.2, 0.25) is 11.8 Å². The molecule has 1 aliphatic rings. The predicted molar refractivity (Wildman–Crippen MR) is 280 cm³/mol. The molecule has 21 nitrogen and oxygen atoms in total. The zero-order valence-corrected chi connectivity index (χ0v) is 44.0. The minimum atomic E-state index is -1.83. The average molecular weight is 1010 g/mol. The molecular weight excluding hydrogens is 942 g/mol. The van der Waals surface area contributed by atoms with Gasteiger partial charge >= 0.3 is 14.2 Å². The Bertz CT molecular complexity index is 2590. The van der Waals surface area contributed by atoms with Crippen LogP contribution in [0.4, 0.5) is 0 Å². The molecule has 1 heterocycles. The highest BCUT2D eigenvalue weighted by molar-refractivity contribution is 6.67. The Morgan fingerprint density at radius 1 is 0.699 bits per heavy atom. The molecule has 73 heavy (non-hydrogen) atoms. The van der Waals surface area contributed by atoms with Gasteiger partial charge in [-0.3, -0.25) is 49.2 Å². The molecule has 1 aliphatic heterocycles. The maximum absolute atomic E-state index is 13.3. The third kappa shape index (κ3) is 21.0. The minimum Gasteiger partial charge on any atom is -0.481 e. The topological polar surface area (TPSA) is 345 Å². The number of hydrazone groups is 1. The number of aryl methyl sites for hydroxylation is 4. The summed E-state index contributed by atoms with van der Waals surface area (Å²) in [5, 5.41) is 50.5.